The first-order chi connectivity index (χ1) is 10.1. The third-order valence-corrected chi connectivity index (χ3v) is 4.85. The van der Waals surface area contributed by atoms with Crippen LogP contribution < -0.4 is 4.74 Å². The van der Waals surface area contributed by atoms with Gasteiger partial charge in [-0.25, -0.2) is 4.79 Å². The highest BCUT2D eigenvalue weighted by Gasteiger charge is 2.28. The summed E-state index contributed by atoms with van der Waals surface area (Å²) in [5.41, 5.74) is 0.726. The topological polar surface area (TPSA) is 35.5 Å². The first kappa shape index (κ1) is 18.0. The molecule has 1 aromatic carbocycles. The lowest BCUT2D eigenvalue weighted by atomic mass is 9.82. The quantitative estimate of drug-likeness (QED) is 0.469. The molecule has 3 nitrogen and oxygen atoms in total. The monoisotopic (exact) mass is 356 g/mol. The van der Waals surface area contributed by atoms with Gasteiger partial charge in [-0.15, -0.1) is 0 Å². The molecule has 0 unspecified atom stereocenters. The Balaban J connectivity index is 2.69. The Bertz CT molecular complexity index is 422. The van der Waals surface area contributed by atoms with E-state index in [9.17, 15) is 4.79 Å². The van der Waals surface area contributed by atoms with Crippen molar-refractivity contribution in [2.75, 3.05) is 19.0 Å². The van der Waals surface area contributed by atoms with Crippen LogP contribution in [0, 0.1) is 5.41 Å². The zero-order valence-electron chi connectivity index (χ0n) is 13.2. The molecular formula is C17H25BrO3. The van der Waals surface area contributed by atoms with Crippen molar-refractivity contribution in [1.29, 1.82) is 0 Å². The van der Waals surface area contributed by atoms with Crippen LogP contribution in [0.25, 0.3) is 0 Å². The van der Waals surface area contributed by atoms with Gasteiger partial charge < -0.3 is 9.47 Å². The SMILES string of the molecule is CCCC(CBr)(CCC)COc1ccc(C(=O)OC)cc1. The summed E-state index contributed by atoms with van der Waals surface area (Å²) in [6, 6.07) is 7.11. The van der Waals surface area contributed by atoms with Crippen LogP contribution in [-0.2, 0) is 4.74 Å². The van der Waals surface area contributed by atoms with Gasteiger partial charge in [-0.05, 0) is 37.1 Å². The minimum atomic E-state index is -0.326. The van der Waals surface area contributed by atoms with E-state index < -0.39 is 0 Å². The molecule has 118 valence electrons. The first-order valence-electron chi connectivity index (χ1n) is 7.48. The highest BCUT2D eigenvalue weighted by Crippen LogP contribution is 2.33. The van der Waals surface area contributed by atoms with E-state index in [2.05, 4.69) is 34.5 Å². The van der Waals surface area contributed by atoms with Crippen LogP contribution in [0.3, 0.4) is 0 Å². The van der Waals surface area contributed by atoms with Crippen LogP contribution in [0.5, 0.6) is 5.75 Å². The molecule has 1 rings (SSSR count). The van der Waals surface area contributed by atoms with Crippen LogP contribution in [-0.4, -0.2) is 25.0 Å². The minimum absolute atomic E-state index is 0.185. The van der Waals surface area contributed by atoms with Crippen LogP contribution >= 0.6 is 15.9 Å². The fourth-order valence-corrected chi connectivity index (χ4v) is 3.27. The zero-order chi connectivity index (χ0) is 15.7. The largest absolute Gasteiger partial charge is 0.493 e. The van der Waals surface area contributed by atoms with Crippen LogP contribution in [0.2, 0.25) is 0 Å². The van der Waals surface area contributed by atoms with Gasteiger partial charge in [-0.3, -0.25) is 0 Å². The van der Waals surface area contributed by atoms with E-state index in [4.69, 9.17) is 4.74 Å². The number of halogens is 1. The number of ether oxygens (including phenoxy) is 2. The third kappa shape index (κ3) is 5.34. The summed E-state index contributed by atoms with van der Waals surface area (Å²) in [7, 11) is 1.38. The van der Waals surface area contributed by atoms with E-state index in [1.807, 2.05) is 12.1 Å². The summed E-state index contributed by atoms with van der Waals surface area (Å²) in [4.78, 5) is 11.4. The van der Waals surface area contributed by atoms with Crippen molar-refractivity contribution in [3.8, 4) is 5.75 Å². The van der Waals surface area contributed by atoms with Gasteiger partial charge in [0.2, 0.25) is 0 Å². The van der Waals surface area contributed by atoms with Crippen molar-refractivity contribution in [1.82, 2.24) is 0 Å². The van der Waals surface area contributed by atoms with Gasteiger partial charge in [-0.1, -0.05) is 42.6 Å². The van der Waals surface area contributed by atoms with Gasteiger partial charge in [0.15, 0.2) is 0 Å². The molecule has 0 aromatic heterocycles. The average Bonchev–Trinajstić information content (AvgIpc) is 2.52. The minimum Gasteiger partial charge on any atom is -0.493 e. The number of hydrogen-bond acceptors (Lipinski definition) is 3. The fraction of sp³-hybridized carbons (Fsp3) is 0.588. The number of carbonyl (C=O) groups is 1. The van der Waals surface area contributed by atoms with E-state index in [-0.39, 0.29) is 11.4 Å². The van der Waals surface area contributed by atoms with E-state index in [1.54, 1.807) is 12.1 Å². The van der Waals surface area contributed by atoms with Crippen molar-refractivity contribution in [2.24, 2.45) is 5.41 Å². The highest BCUT2D eigenvalue weighted by molar-refractivity contribution is 9.09. The Morgan fingerprint density at radius 3 is 2.14 bits per heavy atom. The maximum atomic E-state index is 11.4. The number of benzene rings is 1. The Morgan fingerprint density at radius 2 is 1.71 bits per heavy atom. The van der Waals surface area contributed by atoms with E-state index in [1.165, 1.54) is 7.11 Å². The van der Waals surface area contributed by atoms with E-state index >= 15 is 0 Å². The number of alkyl halides is 1. The fourth-order valence-electron chi connectivity index (χ4n) is 2.54. The summed E-state index contributed by atoms with van der Waals surface area (Å²) in [6.07, 6.45) is 4.59. The molecule has 0 bridgehead atoms. The smallest absolute Gasteiger partial charge is 0.337 e. The second kappa shape index (κ2) is 9.08. The molecule has 0 amide bonds. The third-order valence-electron chi connectivity index (χ3n) is 3.66. The summed E-state index contributed by atoms with van der Waals surface area (Å²) in [5, 5.41) is 0.946. The number of methoxy groups -OCH3 is 1. The summed E-state index contributed by atoms with van der Waals surface area (Å²) in [6.45, 7) is 5.11. The molecule has 21 heavy (non-hydrogen) atoms. The lowest BCUT2D eigenvalue weighted by Gasteiger charge is -2.31. The molecule has 0 atom stereocenters. The predicted octanol–water partition coefficient (Wildman–Crippen LogP) is 4.83. The van der Waals surface area contributed by atoms with Gasteiger partial charge >= 0.3 is 5.97 Å². The van der Waals surface area contributed by atoms with E-state index in [0.29, 0.717) is 12.2 Å². The second-order valence-corrected chi connectivity index (χ2v) is 6.00. The molecular weight excluding hydrogens is 332 g/mol. The van der Waals surface area contributed by atoms with Crippen molar-refractivity contribution >= 4 is 21.9 Å². The van der Waals surface area contributed by atoms with Crippen LogP contribution in [0.15, 0.2) is 24.3 Å². The molecule has 0 saturated carbocycles. The molecule has 0 radical (unpaired) electrons. The molecule has 0 spiro atoms. The normalized spacial score (nSPS) is 11.2. The zero-order valence-corrected chi connectivity index (χ0v) is 14.7. The molecule has 0 aliphatic heterocycles. The number of esters is 1. The Kier molecular flexibility index (Phi) is 7.79. The summed E-state index contributed by atoms with van der Waals surface area (Å²) in [5.74, 6) is 0.466. The van der Waals surface area contributed by atoms with Gasteiger partial charge in [0.05, 0.1) is 19.3 Å². The van der Waals surface area contributed by atoms with Crippen LogP contribution in [0.4, 0.5) is 0 Å². The molecule has 0 saturated heterocycles. The van der Waals surface area contributed by atoms with Crippen molar-refractivity contribution in [2.45, 2.75) is 39.5 Å². The Labute approximate surface area is 136 Å². The van der Waals surface area contributed by atoms with Crippen molar-refractivity contribution < 1.29 is 14.3 Å². The van der Waals surface area contributed by atoms with Gasteiger partial charge in [-0.2, -0.15) is 0 Å². The van der Waals surface area contributed by atoms with Crippen molar-refractivity contribution in [3.05, 3.63) is 29.8 Å². The lowest BCUT2D eigenvalue weighted by Crippen LogP contribution is -2.30. The molecule has 1 aromatic rings. The predicted molar refractivity (Wildman–Crippen MR) is 89.3 cm³/mol. The average molecular weight is 357 g/mol. The first-order valence-corrected chi connectivity index (χ1v) is 8.60. The van der Waals surface area contributed by atoms with Crippen LogP contribution in [0.1, 0.15) is 49.9 Å². The standard InChI is InChI=1S/C17H25BrO3/c1-4-10-17(12-18,11-5-2)13-21-15-8-6-14(7-9-15)16(19)20-3/h6-9H,4-5,10-13H2,1-3H3. The molecule has 4 heteroatoms. The maximum absolute atomic E-state index is 11.4. The number of carbonyl (C=O) groups excluding carboxylic acids is 1. The molecule has 0 N–H and O–H groups in total. The molecule has 0 aliphatic carbocycles. The van der Waals surface area contributed by atoms with Gasteiger partial charge in [0.1, 0.15) is 5.75 Å². The molecule has 0 heterocycles. The molecule has 0 aliphatic rings. The summed E-state index contributed by atoms with van der Waals surface area (Å²) >= 11 is 3.65. The second-order valence-electron chi connectivity index (χ2n) is 5.44. The number of hydrogen-bond donors (Lipinski definition) is 0. The maximum Gasteiger partial charge on any atom is 0.337 e. The van der Waals surface area contributed by atoms with Gasteiger partial charge in [0, 0.05) is 10.7 Å². The van der Waals surface area contributed by atoms with E-state index in [0.717, 1.165) is 36.8 Å². The Morgan fingerprint density at radius 1 is 1.14 bits per heavy atom. The summed E-state index contributed by atoms with van der Waals surface area (Å²) < 4.78 is 10.6. The van der Waals surface area contributed by atoms with Crippen molar-refractivity contribution in [3.63, 3.8) is 0 Å². The lowest BCUT2D eigenvalue weighted by molar-refractivity contribution is 0.0600. The molecule has 0 fully saturated rings. The highest BCUT2D eigenvalue weighted by atomic mass is 79.9. The van der Waals surface area contributed by atoms with Gasteiger partial charge in [0.25, 0.3) is 0 Å². The number of rotatable bonds is 9. The Hall–Kier alpha value is -1.03.